The molecule has 10 rings (SSSR count). The summed E-state index contributed by atoms with van der Waals surface area (Å²) in [5.74, 6) is 1.79. The van der Waals surface area contributed by atoms with Crippen LogP contribution in [0.4, 0.5) is 0 Å². The van der Waals surface area contributed by atoms with E-state index < -0.39 is 0 Å². The van der Waals surface area contributed by atoms with Crippen molar-refractivity contribution < 1.29 is 0 Å². The molecule has 0 fully saturated rings. The Morgan fingerprint density at radius 3 is 2.38 bits per heavy atom. The van der Waals surface area contributed by atoms with Crippen molar-refractivity contribution in [3.05, 3.63) is 149 Å². The molecule has 0 N–H and O–H groups in total. The summed E-state index contributed by atoms with van der Waals surface area (Å²) in [6.07, 6.45) is 11.8. The fourth-order valence-corrected chi connectivity index (χ4v) is 11.8. The van der Waals surface area contributed by atoms with Crippen molar-refractivity contribution in [1.82, 2.24) is 14.5 Å². The number of nitrogens with zero attached hydrogens (tertiary/aromatic N) is 3. The van der Waals surface area contributed by atoms with Crippen molar-refractivity contribution in [3.63, 3.8) is 0 Å². The van der Waals surface area contributed by atoms with E-state index in [-0.39, 0.29) is 10.8 Å². The van der Waals surface area contributed by atoms with Gasteiger partial charge in [0.1, 0.15) is 0 Å². The Balaban J connectivity index is 1.15. The predicted octanol–water partition coefficient (Wildman–Crippen LogP) is 11.3. The first-order chi connectivity index (χ1) is 23.4. The first-order valence-corrected chi connectivity index (χ1v) is 18.1. The average Bonchev–Trinajstić information content (AvgIpc) is 3.72. The monoisotopic (exact) mass is 639 g/mol. The zero-order chi connectivity index (χ0) is 32.2. The van der Waals surface area contributed by atoms with Crippen molar-refractivity contribution in [2.24, 2.45) is 22.7 Å². The van der Waals surface area contributed by atoms with Gasteiger partial charge in [0.05, 0.1) is 22.0 Å². The molecule has 4 aromatic carbocycles. The fourth-order valence-electron chi connectivity index (χ4n) is 9.69. The number of hydrogen-bond donors (Lipinski definition) is 0. The van der Waals surface area contributed by atoms with Crippen LogP contribution < -0.4 is 0 Å². The lowest BCUT2D eigenvalue weighted by atomic mass is 9.61. The maximum Gasteiger partial charge on any atom is 0.160 e. The van der Waals surface area contributed by atoms with Gasteiger partial charge in [-0.1, -0.05) is 124 Å². The van der Waals surface area contributed by atoms with E-state index in [9.17, 15) is 0 Å². The van der Waals surface area contributed by atoms with E-state index in [0.29, 0.717) is 17.1 Å². The fraction of sp³-hybridized carbons (Fsp3) is 0.227. The van der Waals surface area contributed by atoms with E-state index in [0.717, 1.165) is 40.0 Å². The number of aryl methyl sites for hydroxylation is 1. The summed E-state index contributed by atoms with van der Waals surface area (Å²) in [4.78, 5) is 12.0. The minimum Gasteiger partial charge on any atom is -0.312 e. The number of fused-ring (bicyclic) bond motifs is 9. The number of thioether (sulfide) groups is 1. The van der Waals surface area contributed by atoms with Crippen LogP contribution in [0.5, 0.6) is 0 Å². The molecule has 3 heterocycles. The summed E-state index contributed by atoms with van der Waals surface area (Å²) < 4.78 is 2.59. The molecule has 0 bridgehead atoms. The van der Waals surface area contributed by atoms with Gasteiger partial charge in [-0.25, -0.2) is 9.97 Å². The van der Waals surface area contributed by atoms with Gasteiger partial charge in [-0.2, -0.15) is 0 Å². The normalized spacial score (nSPS) is 24.9. The van der Waals surface area contributed by atoms with E-state index in [1.165, 1.54) is 34.3 Å². The van der Waals surface area contributed by atoms with E-state index in [4.69, 9.17) is 9.97 Å². The summed E-state index contributed by atoms with van der Waals surface area (Å²) in [6, 6.07) is 36.8. The average molecular weight is 640 g/mol. The molecule has 1 aliphatic heterocycles. The molecule has 2 aromatic heterocycles. The van der Waals surface area contributed by atoms with Crippen LogP contribution in [0.2, 0.25) is 0 Å². The van der Waals surface area contributed by atoms with Gasteiger partial charge in [-0.05, 0) is 64.5 Å². The van der Waals surface area contributed by atoms with Crippen molar-refractivity contribution in [3.8, 4) is 28.3 Å². The first kappa shape index (κ1) is 28.4. The van der Waals surface area contributed by atoms with Gasteiger partial charge in [0.25, 0.3) is 0 Å². The smallest absolute Gasteiger partial charge is 0.160 e. The highest BCUT2D eigenvalue weighted by Gasteiger charge is 2.61. The minimum atomic E-state index is 0.102. The molecule has 4 aliphatic rings. The molecule has 0 saturated heterocycles. The van der Waals surface area contributed by atoms with Crippen LogP contribution in [0, 0.1) is 22.7 Å². The van der Waals surface area contributed by atoms with Gasteiger partial charge < -0.3 is 4.57 Å². The molecule has 48 heavy (non-hydrogen) atoms. The van der Waals surface area contributed by atoms with Crippen LogP contribution in [0.25, 0.3) is 50.1 Å². The van der Waals surface area contributed by atoms with E-state index in [1.807, 2.05) is 0 Å². The highest BCUT2D eigenvalue weighted by atomic mass is 32.2. The zero-order valence-corrected chi connectivity index (χ0v) is 28.3. The number of hydrogen-bond acceptors (Lipinski definition) is 3. The van der Waals surface area contributed by atoms with Crippen LogP contribution in [0.1, 0.15) is 43.7 Å². The summed E-state index contributed by atoms with van der Waals surface area (Å²) in [7, 11) is 0. The molecule has 3 nitrogen and oxygen atoms in total. The lowest BCUT2D eigenvalue weighted by Crippen LogP contribution is -2.37. The van der Waals surface area contributed by atoms with Crippen LogP contribution in [-0.2, 0) is 6.42 Å². The Morgan fingerprint density at radius 1 is 0.750 bits per heavy atom. The molecular weight excluding hydrogens is 603 g/mol. The molecule has 4 atom stereocenters. The van der Waals surface area contributed by atoms with Crippen molar-refractivity contribution in [2.75, 3.05) is 0 Å². The third-order valence-corrected chi connectivity index (χ3v) is 13.4. The Kier molecular flexibility index (Phi) is 6.01. The molecule has 4 unspecified atom stereocenters. The third kappa shape index (κ3) is 3.84. The molecule has 0 spiro atoms. The van der Waals surface area contributed by atoms with Crippen LogP contribution in [0.3, 0.4) is 0 Å². The van der Waals surface area contributed by atoms with Gasteiger partial charge in [0.2, 0.25) is 0 Å². The Morgan fingerprint density at radius 2 is 1.50 bits per heavy atom. The Hall–Kier alpha value is -4.67. The van der Waals surface area contributed by atoms with Crippen LogP contribution >= 0.6 is 11.8 Å². The molecule has 234 valence electrons. The Labute approximate surface area is 286 Å². The lowest BCUT2D eigenvalue weighted by molar-refractivity contribution is 0.225. The number of allylic oxidation sites excluding steroid dienone is 6. The summed E-state index contributed by atoms with van der Waals surface area (Å²) in [5, 5.41) is 2.82. The van der Waals surface area contributed by atoms with Gasteiger partial charge in [-0.3, -0.25) is 0 Å². The minimum absolute atomic E-state index is 0.102. The first-order valence-electron chi connectivity index (χ1n) is 17.3. The second-order valence-corrected chi connectivity index (χ2v) is 15.9. The molecular formula is C44H37N3S. The van der Waals surface area contributed by atoms with Gasteiger partial charge in [0, 0.05) is 44.6 Å². The maximum atomic E-state index is 5.23. The highest BCUT2D eigenvalue weighted by Crippen LogP contribution is 2.74. The van der Waals surface area contributed by atoms with E-state index in [1.54, 1.807) is 10.5 Å². The SMILES string of the molecule is CC1(C)C2=C(SC3c4c(c5ccccc5n4-c4cccc(-c5nc(-c6ccccc6)c6ccccc6n5)c4)CCC23C)C2C=CC=CC21. The van der Waals surface area contributed by atoms with Gasteiger partial charge in [0.15, 0.2) is 5.82 Å². The van der Waals surface area contributed by atoms with Gasteiger partial charge in [-0.15, -0.1) is 11.8 Å². The molecule has 0 saturated carbocycles. The summed E-state index contributed by atoms with van der Waals surface area (Å²) in [6.45, 7) is 7.59. The second-order valence-electron chi connectivity index (χ2n) is 14.7. The van der Waals surface area contributed by atoms with Crippen LogP contribution in [0.15, 0.2) is 138 Å². The van der Waals surface area contributed by atoms with Gasteiger partial charge >= 0.3 is 0 Å². The Bertz CT molecular complexity index is 2390. The third-order valence-electron chi connectivity index (χ3n) is 11.7. The summed E-state index contributed by atoms with van der Waals surface area (Å²) >= 11 is 2.17. The van der Waals surface area contributed by atoms with E-state index >= 15 is 0 Å². The van der Waals surface area contributed by atoms with Crippen molar-refractivity contribution in [1.29, 1.82) is 0 Å². The lowest BCUT2D eigenvalue weighted by Gasteiger charge is -2.45. The summed E-state index contributed by atoms with van der Waals surface area (Å²) in [5.41, 5.74) is 11.5. The van der Waals surface area contributed by atoms with Crippen molar-refractivity contribution >= 4 is 33.6 Å². The topological polar surface area (TPSA) is 30.7 Å². The highest BCUT2D eigenvalue weighted by molar-refractivity contribution is 8.03. The molecule has 6 aromatic rings. The largest absolute Gasteiger partial charge is 0.312 e. The number of benzene rings is 4. The van der Waals surface area contributed by atoms with Crippen LogP contribution in [-0.4, -0.2) is 14.5 Å². The number of aromatic nitrogens is 3. The second kappa shape index (κ2) is 10.2. The zero-order valence-electron chi connectivity index (χ0n) is 27.5. The quantitative estimate of drug-likeness (QED) is 0.193. The molecule has 0 amide bonds. The number of para-hydroxylation sites is 2. The predicted molar refractivity (Wildman–Crippen MR) is 200 cm³/mol. The molecule has 3 aliphatic carbocycles. The standard InChI is InChI=1S/C44H37N3S/c1-43(2)34-21-10-7-19-32(34)39-40(43)44(3)25-24-31-30-18-9-12-23-36(30)47(38(31)41(44)48-39)29-17-13-16-28(26-29)42-45-35-22-11-8-20-33(35)37(46-42)27-14-5-4-6-15-27/h4-23,26,32,34,41H,24-25H2,1-3H3. The molecule has 4 heteroatoms. The number of rotatable bonds is 3. The maximum absolute atomic E-state index is 5.23. The van der Waals surface area contributed by atoms with Crippen molar-refractivity contribution in [2.45, 2.75) is 38.9 Å². The van der Waals surface area contributed by atoms with E-state index in [2.05, 4.69) is 165 Å². The molecule has 0 radical (unpaired) electrons.